The van der Waals surface area contributed by atoms with Gasteiger partial charge in [-0.25, -0.2) is 0 Å². The smallest absolute Gasteiger partial charge is 0.0726 e. The molecule has 12 heavy (non-hydrogen) atoms. The van der Waals surface area contributed by atoms with Crippen molar-refractivity contribution in [2.75, 3.05) is 6.61 Å². The first-order valence-corrected chi connectivity index (χ1v) is 4.82. The van der Waals surface area contributed by atoms with Gasteiger partial charge in [-0.3, -0.25) is 0 Å². The van der Waals surface area contributed by atoms with Gasteiger partial charge in [-0.2, -0.15) is 0 Å². The van der Waals surface area contributed by atoms with E-state index in [1.165, 1.54) is 6.42 Å². The summed E-state index contributed by atoms with van der Waals surface area (Å²) in [5, 5.41) is 0. The quantitative estimate of drug-likeness (QED) is 0.503. The Morgan fingerprint density at radius 2 is 2.50 bits per heavy atom. The fourth-order valence-corrected chi connectivity index (χ4v) is 1.62. The van der Waals surface area contributed by atoms with Crippen molar-refractivity contribution in [3.05, 3.63) is 12.7 Å². The van der Waals surface area contributed by atoms with E-state index in [4.69, 9.17) is 10.5 Å². The molecule has 1 fully saturated rings. The maximum absolute atomic E-state index is 5.96. The molecule has 2 atom stereocenters. The van der Waals surface area contributed by atoms with Crippen LogP contribution in [0, 0.1) is 0 Å². The van der Waals surface area contributed by atoms with Crippen molar-refractivity contribution in [2.24, 2.45) is 5.73 Å². The summed E-state index contributed by atoms with van der Waals surface area (Å²) < 4.78 is 5.49. The van der Waals surface area contributed by atoms with Crippen LogP contribution in [0.2, 0.25) is 0 Å². The predicted octanol–water partition coefficient (Wildman–Crippen LogP) is 1.85. The first kappa shape index (κ1) is 9.75. The first-order chi connectivity index (χ1) is 5.84. The summed E-state index contributed by atoms with van der Waals surface area (Å²) in [6, 6.07) is 0.243. The van der Waals surface area contributed by atoms with Crippen LogP contribution < -0.4 is 5.73 Å². The van der Waals surface area contributed by atoms with Crippen molar-refractivity contribution in [2.45, 2.75) is 44.2 Å². The third-order valence-corrected chi connectivity index (χ3v) is 2.39. The molecule has 0 aromatic rings. The highest BCUT2D eigenvalue weighted by atomic mass is 16.5. The van der Waals surface area contributed by atoms with E-state index in [2.05, 4.69) is 6.58 Å². The Labute approximate surface area is 74.8 Å². The van der Waals surface area contributed by atoms with Crippen LogP contribution in [-0.4, -0.2) is 18.8 Å². The molecule has 2 nitrogen and oxygen atoms in total. The van der Waals surface area contributed by atoms with Gasteiger partial charge in [0.25, 0.3) is 0 Å². The van der Waals surface area contributed by atoms with E-state index < -0.39 is 0 Å². The average molecular weight is 169 g/mol. The summed E-state index contributed by atoms with van der Waals surface area (Å²) in [5.41, 5.74) is 5.96. The predicted molar refractivity (Wildman–Crippen MR) is 51.0 cm³/mol. The third-order valence-electron chi connectivity index (χ3n) is 2.39. The first-order valence-electron chi connectivity index (χ1n) is 4.82. The summed E-state index contributed by atoms with van der Waals surface area (Å²) in [5.74, 6) is 0. The van der Waals surface area contributed by atoms with Gasteiger partial charge < -0.3 is 10.5 Å². The van der Waals surface area contributed by atoms with E-state index in [1.807, 2.05) is 6.08 Å². The molecule has 2 unspecified atom stereocenters. The second-order valence-electron chi connectivity index (χ2n) is 3.43. The van der Waals surface area contributed by atoms with Gasteiger partial charge in [-0.05, 0) is 32.1 Å². The molecule has 0 spiro atoms. The second kappa shape index (κ2) is 5.33. The lowest BCUT2D eigenvalue weighted by molar-refractivity contribution is 0.0870. The van der Waals surface area contributed by atoms with Crippen molar-refractivity contribution in [3.63, 3.8) is 0 Å². The zero-order valence-corrected chi connectivity index (χ0v) is 7.67. The molecule has 1 aliphatic heterocycles. The SMILES string of the molecule is C=CCCCC(N)C1CCCO1. The van der Waals surface area contributed by atoms with Crippen LogP contribution in [0.4, 0.5) is 0 Å². The summed E-state index contributed by atoms with van der Waals surface area (Å²) in [7, 11) is 0. The number of unbranched alkanes of at least 4 members (excludes halogenated alkanes) is 1. The Morgan fingerprint density at radius 3 is 3.08 bits per heavy atom. The molecular weight excluding hydrogens is 150 g/mol. The zero-order valence-electron chi connectivity index (χ0n) is 7.67. The van der Waals surface area contributed by atoms with Gasteiger partial charge in [0, 0.05) is 12.6 Å². The standard InChI is InChI=1S/C10H19NO/c1-2-3-4-6-9(11)10-7-5-8-12-10/h2,9-10H,1,3-8,11H2. The van der Waals surface area contributed by atoms with Crippen LogP contribution in [0.25, 0.3) is 0 Å². The highest BCUT2D eigenvalue weighted by Gasteiger charge is 2.21. The van der Waals surface area contributed by atoms with Crippen LogP contribution in [0.3, 0.4) is 0 Å². The van der Waals surface area contributed by atoms with Crippen LogP contribution >= 0.6 is 0 Å². The van der Waals surface area contributed by atoms with Crippen LogP contribution in [-0.2, 0) is 4.74 Å². The Bertz CT molecular complexity index is 130. The molecule has 0 aromatic heterocycles. The molecule has 1 heterocycles. The van der Waals surface area contributed by atoms with E-state index in [9.17, 15) is 0 Å². The fourth-order valence-electron chi connectivity index (χ4n) is 1.62. The van der Waals surface area contributed by atoms with Gasteiger partial charge in [0.2, 0.25) is 0 Å². The largest absolute Gasteiger partial charge is 0.377 e. The maximum atomic E-state index is 5.96. The molecule has 0 bridgehead atoms. The minimum Gasteiger partial charge on any atom is -0.377 e. The second-order valence-corrected chi connectivity index (χ2v) is 3.43. The molecule has 1 rings (SSSR count). The summed E-state index contributed by atoms with van der Waals surface area (Å²) in [4.78, 5) is 0. The molecule has 0 radical (unpaired) electrons. The third kappa shape index (κ3) is 2.95. The van der Waals surface area contributed by atoms with E-state index in [-0.39, 0.29) is 6.04 Å². The monoisotopic (exact) mass is 169 g/mol. The maximum Gasteiger partial charge on any atom is 0.0726 e. The van der Waals surface area contributed by atoms with Crippen molar-refractivity contribution in [1.82, 2.24) is 0 Å². The normalized spacial score (nSPS) is 25.6. The average Bonchev–Trinajstić information content (AvgIpc) is 2.56. The Balaban J connectivity index is 2.09. The van der Waals surface area contributed by atoms with Gasteiger partial charge in [0.15, 0.2) is 0 Å². The van der Waals surface area contributed by atoms with Crippen molar-refractivity contribution in [3.8, 4) is 0 Å². The highest BCUT2D eigenvalue weighted by Crippen LogP contribution is 2.17. The fraction of sp³-hybridized carbons (Fsp3) is 0.800. The van der Waals surface area contributed by atoms with Gasteiger partial charge in [-0.1, -0.05) is 6.08 Å². The van der Waals surface area contributed by atoms with E-state index in [0.29, 0.717) is 6.10 Å². The number of hydrogen-bond donors (Lipinski definition) is 1. The lowest BCUT2D eigenvalue weighted by atomic mass is 10.0. The van der Waals surface area contributed by atoms with E-state index in [1.54, 1.807) is 0 Å². The molecular formula is C10H19NO. The van der Waals surface area contributed by atoms with Gasteiger partial charge in [0.05, 0.1) is 6.10 Å². The van der Waals surface area contributed by atoms with Gasteiger partial charge in [0.1, 0.15) is 0 Å². The van der Waals surface area contributed by atoms with Crippen LogP contribution in [0.1, 0.15) is 32.1 Å². The van der Waals surface area contributed by atoms with Crippen LogP contribution in [0.5, 0.6) is 0 Å². The Hall–Kier alpha value is -0.340. The lowest BCUT2D eigenvalue weighted by Crippen LogP contribution is -2.33. The Kier molecular flexibility index (Phi) is 4.33. The van der Waals surface area contributed by atoms with Crippen molar-refractivity contribution >= 4 is 0 Å². The zero-order chi connectivity index (χ0) is 8.81. The van der Waals surface area contributed by atoms with E-state index >= 15 is 0 Å². The number of allylic oxidation sites excluding steroid dienone is 1. The molecule has 0 amide bonds. The molecule has 0 aromatic carbocycles. The Morgan fingerprint density at radius 1 is 1.67 bits per heavy atom. The summed E-state index contributed by atoms with van der Waals surface area (Å²) in [6.07, 6.45) is 7.88. The molecule has 1 saturated heterocycles. The highest BCUT2D eigenvalue weighted by molar-refractivity contribution is 4.78. The lowest BCUT2D eigenvalue weighted by Gasteiger charge is -2.17. The minimum atomic E-state index is 0.243. The molecule has 2 heteroatoms. The number of nitrogens with two attached hydrogens (primary N) is 1. The summed E-state index contributed by atoms with van der Waals surface area (Å²) >= 11 is 0. The van der Waals surface area contributed by atoms with Crippen LogP contribution in [0.15, 0.2) is 12.7 Å². The van der Waals surface area contributed by atoms with Crippen molar-refractivity contribution in [1.29, 1.82) is 0 Å². The van der Waals surface area contributed by atoms with Gasteiger partial charge in [-0.15, -0.1) is 6.58 Å². The minimum absolute atomic E-state index is 0.243. The molecule has 0 aliphatic carbocycles. The molecule has 2 N–H and O–H groups in total. The summed E-state index contributed by atoms with van der Waals surface area (Å²) in [6.45, 7) is 4.59. The molecule has 70 valence electrons. The molecule has 1 aliphatic rings. The van der Waals surface area contributed by atoms with E-state index in [0.717, 1.165) is 32.3 Å². The number of ether oxygens (including phenoxy) is 1. The van der Waals surface area contributed by atoms with Gasteiger partial charge >= 0.3 is 0 Å². The van der Waals surface area contributed by atoms with Crippen molar-refractivity contribution < 1.29 is 4.74 Å². The molecule has 0 saturated carbocycles. The topological polar surface area (TPSA) is 35.2 Å². The number of rotatable bonds is 5. The number of hydrogen-bond acceptors (Lipinski definition) is 2.